The predicted octanol–water partition coefficient (Wildman–Crippen LogP) is 5.01. The summed E-state index contributed by atoms with van der Waals surface area (Å²) in [5.74, 6) is 1.54. The summed E-state index contributed by atoms with van der Waals surface area (Å²) in [7, 11) is 3.24. The molecule has 0 aliphatic carbocycles. The summed E-state index contributed by atoms with van der Waals surface area (Å²) in [5.41, 5.74) is 2.92. The van der Waals surface area contributed by atoms with E-state index in [-0.39, 0.29) is 0 Å². The lowest BCUT2D eigenvalue weighted by molar-refractivity contribution is 0.0544. The van der Waals surface area contributed by atoms with E-state index < -0.39 is 0 Å². The van der Waals surface area contributed by atoms with E-state index in [1.807, 2.05) is 19.9 Å². The van der Waals surface area contributed by atoms with Crippen LogP contribution >= 0.6 is 0 Å². The summed E-state index contributed by atoms with van der Waals surface area (Å²) in [5, 5.41) is 17.1. The molecule has 28 heavy (non-hydrogen) atoms. The highest BCUT2D eigenvalue weighted by atomic mass is 16.5. The summed E-state index contributed by atoms with van der Waals surface area (Å²) in [6.07, 6.45) is 0. The molecule has 0 aliphatic heterocycles. The molecular weight excluding hydrogens is 360 g/mol. The van der Waals surface area contributed by atoms with Crippen LogP contribution in [0.1, 0.15) is 11.1 Å². The fourth-order valence-corrected chi connectivity index (χ4v) is 2.22. The second-order valence-electron chi connectivity index (χ2n) is 5.76. The molecule has 0 radical (unpaired) electrons. The van der Waals surface area contributed by atoms with Gasteiger partial charge in [0.05, 0.1) is 26.9 Å². The highest BCUT2D eigenvalue weighted by Crippen LogP contribution is 2.24. The smallest absolute Gasteiger partial charge is 0.388 e. The third-order valence-electron chi connectivity index (χ3n) is 3.70. The number of rotatable bonds is 8. The Bertz CT molecular complexity index is 828. The molecule has 0 amide bonds. The van der Waals surface area contributed by atoms with Crippen LogP contribution in [-0.4, -0.2) is 40.6 Å². The van der Waals surface area contributed by atoms with E-state index >= 15 is 0 Å². The van der Waals surface area contributed by atoms with E-state index in [9.17, 15) is 0 Å². The van der Waals surface area contributed by atoms with Gasteiger partial charge in [0.1, 0.15) is 18.1 Å². The number of diazo groups is 2. The number of methoxy groups -OCH3 is 2. The molecule has 0 spiro atoms. The van der Waals surface area contributed by atoms with Gasteiger partial charge in [-0.2, -0.15) is 0 Å². The van der Waals surface area contributed by atoms with E-state index in [2.05, 4.69) is 9.95 Å². The van der Waals surface area contributed by atoms with Crippen molar-refractivity contribution in [2.24, 2.45) is 0 Å². The van der Waals surface area contributed by atoms with Gasteiger partial charge in [0.25, 0.3) is 0 Å². The zero-order valence-electron chi connectivity index (χ0n) is 16.7. The predicted molar refractivity (Wildman–Crippen MR) is 107 cm³/mol. The van der Waals surface area contributed by atoms with Crippen LogP contribution in [0.15, 0.2) is 36.4 Å². The molecule has 148 valence electrons. The van der Waals surface area contributed by atoms with Crippen molar-refractivity contribution in [1.29, 1.82) is 10.8 Å². The first-order valence-electron chi connectivity index (χ1n) is 8.70. The molecule has 2 aromatic carbocycles. The van der Waals surface area contributed by atoms with Crippen LogP contribution in [-0.2, 0) is 9.47 Å². The molecule has 0 unspecified atom stereocenters. The van der Waals surface area contributed by atoms with E-state index in [1.54, 1.807) is 44.6 Å². The maximum absolute atomic E-state index is 8.66. The van der Waals surface area contributed by atoms with Crippen LogP contribution in [0.3, 0.4) is 0 Å². The van der Waals surface area contributed by atoms with Crippen molar-refractivity contribution in [3.8, 4) is 11.5 Å². The Labute approximate surface area is 165 Å². The molecule has 0 aromatic heterocycles. The molecule has 0 saturated heterocycles. The minimum absolute atomic E-state index is 0.485. The van der Waals surface area contributed by atoms with Gasteiger partial charge >= 0.3 is 11.4 Å². The van der Waals surface area contributed by atoms with Crippen molar-refractivity contribution in [2.75, 3.05) is 40.6 Å². The van der Waals surface area contributed by atoms with Crippen LogP contribution in [0.2, 0.25) is 0 Å². The third kappa shape index (κ3) is 8.00. The molecule has 0 N–H and O–H groups in total. The molecule has 2 aromatic rings. The fraction of sp³-hybridized carbons (Fsp3) is 0.400. The molecule has 0 heterocycles. The van der Waals surface area contributed by atoms with Crippen molar-refractivity contribution in [1.82, 2.24) is 0 Å². The van der Waals surface area contributed by atoms with Crippen molar-refractivity contribution in [3.63, 3.8) is 0 Å². The highest BCUT2D eigenvalue weighted by molar-refractivity contribution is 5.53. The molecule has 8 heteroatoms. The number of nitrogens with zero attached hydrogens (tertiary/aromatic N) is 4. The number of hydrogen-bond donors (Lipinski definition) is 0. The molecule has 0 atom stereocenters. The first-order valence-corrected chi connectivity index (χ1v) is 8.70. The number of hydrogen-bond acceptors (Lipinski definition) is 6. The number of ether oxygens (including phenoxy) is 4. The van der Waals surface area contributed by atoms with Crippen molar-refractivity contribution < 1.29 is 18.9 Å². The fourth-order valence-electron chi connectivity index (χ4n) is 2.22. The summed E-state index contributed by atoms with van der Waals surface area (Å²) in [6.45, 7) is 5.92. The monoisotopic (exact) mass is 386 g/mol. The Hall–Kier alpha value is -3.20. The van der Waals surface area contributed by atoms with Crippen LogP contribution in [0.4, 0.5) is 11.4 Å². The zero-order chi connectivity index (χ0) is 20.8. The van der Waals surface area contributed by atoms with E-state index in [0.717, 1.165) is 22.6 Å². The molecule has 2 rings (SSSR count). The summed E-state index contributed by atoms with van der Waals surface area (Å²) in [6, 6.07) is 10.5. The number of aryl methyl sites for hydroxylation is 2. The standard InChI is InChI=1S/C12H17N2O3.C8H9N2O/c1-10-9-11(3-4-12(10)14-13)17-8-7-16-6-5-15-2;1-6-5-7(10-9)3-4-8(6)11-2/h3-4,9H,5-8H2,1-2H3;3-5H,1-2H3/q2*+1. The normalized spacial score (nSPS) is 9.50. The summed E-state index contributed by atoms with van der Waals surface area (Å²) < 4.78 is 20.6. The average molecular weight is 386 g/mol. The van der Waals surface area contributed by atoms with Crippen molar-refractivity contribution in [3.05, 3.63) is 57.5 Å². The Balaban J connectivity index is 0.000000307. The Kier molecular flexibility index (Phi) is 10.6. The van der Waals surface area contributed by atoms with Gasteiger partial charge in [0.2, 0.25) is 10.8 Å². The van der Waals surface area contributed by atoms with Crippen LogP contribution in [0, 0.1) is 24.6 Å². The van der Waals surface area contributed by atoms with Gasteiger partial charge in [0, 0.05) is 30.9 Å². The Morgan fingerprint density at radius 2 is 1.57 bits per heavy atom. The van der Waals surface area contributed by atoms with Crippen molar-refractivity contribution in [2.45, 2.75) is 13.8 Å². The van der Waals surface area contributed by atoms with Crippen LogP contribution < -0.4 is 9.47 Å². The molecule has 0 fully saturated rings. The number of benzene rings is 2. The molecular formula is C20H26N4O4+2. The van der Waals surface area contributed by atoms with E-state index in [0.29, 0.717) is 37.8 Å². The van der Waals surface area contributed by atoms with E-state index in [4.69, 9.17) is 29.7 Å². The summed E-state index contributed by atoms with van der Waals surface area (Å²) in [4.78, 5) is 6.20. The van der Waals surface area contributed by atoms with Gasteiger partial charge in [-0.1, -0.05) is 0 Å². The highest BCUT2D eigenvalue weighted by Gasteiger charge is 2.10. The average Bonchev–Trinajstić information content (AvgIpc) is 2.71. The largest absolute Gasteiger partial charge is 0.496 e. The SMILES string of the molecule is COCCOCCOc1ccc([N+]#N)c(C)c1.COc1ccc([N+]#N)cc1C. The van der Waals surface area contributed by atoms with Gasteiger partial charge in [-0.05, 0) is 37.6 Å². The second kappa shape index (κ2) is 13.0. The third-order valence-corrected chi connectivity index (χ3v) is 3.70. The molecule has 0 bridgehead atoms. The molecule has 8 nitrogen and oxygen atoms in total. The quantitative estimate of drug-likeness (QED) is 0.468. The van der Waals surface area contributed by atoms with Gasteiger partial charge in [-0.3, -0.25) is 0 Å². The maximum atomic E-state index is 8.66. The zero-order valence-corrected chi connectivity index (χ0v) is 16.7. The van der Waals surface area contributed by atoms with Crippen molar-refractivity contribution >= 4 is 11.4 Å². The Morgan fingerprint density at radius 1 is 0.821 bits per heavy atom. The molecule has 0 aliphatic rings. The first kappa shape index (κ1) is 22.8. The van der Waals surface area contributed by atoms with Gasteiger partial charge in [-0.15, -0.1) is 0 Å². The lowest BCUT2D eigenvalue weighted by Gasteiger charge is -2.06. The first-order chi connectivity index (χ1) is 13.5. The van der Waals surface area contributed by atoms with Gasteiger partial charge in [0.15, 0.2) is 9.95 Å². The van der Waals surface area contributed by atoms with E-state index in [1.165, 1.54) is 0 Å². The Morgan fingerprint density at radius 3 is 2.14 bits per heavy atom. The summed E-state index contributed by atoms with van der Waals surface area (Å²) >= 11 is 0. The maximum Gasteiger partial charge on any atom is 0.388 e. The molecule has 0 saturated carbocycles. The van der Waals surface area contributed by atoms with Crippen LogP contribution in [0.5, 0.6) is 11.5 Å². The minimum atomic E-state index is 0.485. The van der Waals surface area contributed by atoms with Crippen LogP contribution in [0.25, 0.3) is 9.95 Å². The topological polar surface area (TPSA) is 93.2 Å². The lowest BCUT2D eigenvalue weighted by Crippen LogP contribution is -2.09. The minimum Gasteiger partial charge on any atom is -0.496 e. The lowest BCUT2D eigenvalue weighted by atomic mass is 10.2. The van der Waals surface area contributed by atoms with Gasteiger partial charge < -0.3 is 18.9 Å². The second-order valence-corrected chi connectivity index (χ2v) is 5.76. The van der Waals surface area contributed by atoms with Gasteiger partial charge in [-0.25, -0.2) is 0 Å².